The molecule has 2 heteroatoms. The first-order valence-electron chi connectivity index (χ1n) is 7.09. The van der Waals surface area contributed by atoms with E-state index in [1.165, 1.54) is 51.4 Å². The minimum absolute atomic E-state index is 0.520. The van der Waals surface area contributed by atoms with Crippen molar-refractivity contribution in [2.45, 2.75) is 77.3 Å². The smallest absolute Gasteiger partial charge is 0.00390 e. The molecule has 2 saturated carbocycles. The third-order valence-corrected chi connectivity index (χ3v) is 4.12. The first kappa shape index (κ1) is 14.0. The van der Waals surface area contributed by atoms with Gasteiger partial charge < -0.3 is 11.5 Å². The summed E-state index contributed by atoms with van der Waals surface area (Å²) in [6.07, 6.45) is 10.4. The third-order valence-electron chi connectivity index (χ3n) is 4.12. The van der Waals surface area contributed by atoms with Gasteiger partial charge in [-0.3, -0.25) is 0 Å². The SMILES string of the molecule is CC1CCC(N)CC1.CC1CCC(N)CC1. The molecule has 96 valence electrons. The minimum Gasteiger partial charge on any atom is -0.328 e. The van der Waals surface area contributed by atoms with Crippen molar-refractivity contribution in [2.24, 2.45) is 23.3 Å². The van der Waals surface area contributed by atoms with Gasteiger partial charge in [0.1, 0.15) is 0 Å². The molecule has 0 radical (unpaired) electrons. The van der Waals surface area contributed by atoms with E-state index in [0.717, 1.165) is 11.8 Å². The maximum atomic E-state index is 5.70. The van der Waals surface area contributed by atoms with Gasteiger partial charge in [-0.05, 0) is 63.2 Å². The highest BCUT2D eigenvalue weighted by Gasteiger charge is 2.14. The van der Waals surface area contributed by atoms with Crippen molar-refractivity contribution in [3.63, 3.8) is 0 Å². The average Bonchev–Trinajstić information content (AvgIpc) is 2.28. The molecule has 0 atom stereocenters. The van der Waals surface area contributed by atoms with Crippen LogP contribution in [-0.2, 0) is 0 Å². The van der Waals surface area contributed by atoms with Gasteiger partial charge >= 0.3 is 0 Å². The summed E-state index contributed by atoms with van der Waals surface area (Å²) < 4.78 is 0. The molecule has 0 amide bonds. The van der Waals surface area contributed by atoms with E-state index in [4.69, 9.17) is 11.5 Å². The topological polar surface area (TPSA) is 52.0 Å². The van der Waals surface area contributed by atoms with Crippen LogP contribution in [0.3, 0.4) is 0 Å². The van der Waals surface area contributed by atoms with E-state index < -0.39 is 0 Å². The molecule has 0 aromatic carbocycles. The first-order valence-corrected chi connectivity index (χ1v) is 7.09. The van der Waals surface area contributed by atoms with E-state index in [0.29, 0.717) is 12.1 Å². The van der Waals surface area contributed by atoms with Gasteiger partial charge in [-0.15, -0.1) is 0 Å². The van der Waals surface area contributed by atoms with Gasteiger partial charge in [-0.2, -0.15) is 0 Å². The van der Waals surface area contributed by atoms with Crippen LogP contribution < -0.4 is 11.5 Å². The van der Waals surface area contributed by atoms with Gasteiger partial charge in [0.25, 0.3) is 0 Å². The van der Waals surface area contributed by atoms with Crippen molar-refractivity contribution in [3.8, 4) is 0 Å². The zero-order valence-corrected chi connectivity index (χ0v) is 11.1. The molecule has 2 fully saturated rings. The van der Waals surface area contributed by atoms with Crippen LogP contribution >= 0.6 is 0 Å². The Morgan fingerprint density at radius 3 is 1.00 bits per heavy atom. The van der Waals surface area contributed by atoms with E-state index in [2.05, 4.69) is 13.8 Å². The molecule has 0 bridgehead atoms. The highest BCUT2D eigenvalue weighted by molar-refractivity contribution is 4.71. The van der Waals surface area contributed by atoms with Gasteiger partial charge in [-0.1, -0.05) is 13.8 Å². The second-order valence-corrected chi connectivity index (χ2v) is 6.04. The lowest BCUT2D eigenvalue weighted by molar-refractivity contribution is 0.348. The highest BCUT2D eigenvalue weighted by atomic mass is 14.6. The summed E-state index contributed by atoms with van der Waals surface area (Å²) in [5.74, 6) is 1.88. The van der Waals surface area contributed by atoms with Crippen LogP contribution in [0.15, 0.2) is 0 Å². The monoisotopic (exact) mass is 226 g/mol. The second kappa shape index (κ2) is 7.29. The lowest BCUT2D eigenvalue weighted by Gasteiger charge is -2.22. The number of hydrogen-bond donors (Lipinski definition) is 2. The minimum atomic E-state index is 0.520. The van der Waals surface area contributed by atoms with E-state index >= 15 is 0 Å². The molecule has 0 aromatic rings. The Kier molecular flexibility index (Phi) is 6.37. The lowest BCUT2D eigenvalue weighted by atomic mass is 9.88. The fourth-order valence-electron chi connectivity index (χ4n) is 2.57. The van der Waals surface area contributed by atoms with E-state index in [-0.39, 0.29) is 0 Å². The van der Waals surface area contributed by atoms with Crippen LogP contribution in [0.5, 0.6) is 0 Å². The van der Waals surface area contributed by atoms with Gasteiger partial charge in [0.2, 0.25) is 0 Å². The second-order valence-electron chi connectivity index (χ2n) is 6.04. The predicted octanol–water partition coefficient (Wildman–Crippen LogP) is 3.05. The van der Waals surface area contributed by atoms with Crippen LogP contribution in [-0.4, -0.2) is 12.1 Å². The molecule has 2 nitrogen and oxygen atoms in total. The molecule has 2 aliphatic rings. The Bertz CT molecular complexity index is 126. The summed E-state index contributed by atoms with van der Waals surface area (Å²) in [5, 5.41) is 0. The van der Waals surface area contributed by atoms with Gasteiger partial charge in [0, 0.05) is 12.1 Å². The summed E-state index contributed by atoms with van der Waals surface area (Å²) in [4.78, 5) is 0. The lowest BCUT2D eigenvalue weighted by Crippen LogP contribution is -2.25. The molecule has 2 aliphatic carbocycles. The van der Waals surface area contributed by atoms with Crippen molar-refractivity contribution >= 4 is 0 Å². The number of hydrogen-bond acceptors (Lipinski definition) is 2. The maximum absolute atomic E-state index is 5.70. The fourth-order valence-corrected chi connectivity index (χ4v) is 2.57. The zero-order valence-electron chi connectivity index (χ0n) is 11.1. The average molecular weight is 226 g/mol. The summed E-state index contributed by atoms with van der Waals surface area (Å²) in [7, 11) is 0. The fraction of sp³-hybridized carbons (Fsp3) is 1.00. The summed E-state index contributed by atoms with van der Waals surface area (Å²) in [6.45, 7) is 4.62. The standard InChI is InChI=1S/2C7H15N/c2*1-6-2-4-7(8)5-3-6/h2*6-7H,2-5,8H2,1H3. The molecular weight excluding hydrogens is 196 g/mol. The van der Waals surface area contributed by atoms with Crippen LogP contribution in [0.25, 0.3) is 0 Å². The normalized spacial score (nSPS) is 39.8. The first-order chi connectivity index (χ1) is 7.58. The summed E-state index contributed by atoms with van der Waals surface area (Å²) in [5.41, 5.74) is 11.4. The summed E-state index contributed by atoms with van der Waals surface area (Å²) >= 11 is 0. The van der Waals surface area contributed by atoms with Crippen molar-refractivity contribution in [3.05, 3.63) is 0 Å². The Labute approximate surface area is 101 Å². The highest BCUT2D eigenvalue weighted by Crippen LogP contribution is 2.22. The molecule has 0 spiro atoms. The molecule has 0 unspecified atom stereocenters. The summed E-state index contributed by atoms with van der Waals surface area (Å²) in [6, 6.07) is 1.04. The van der Waals surface area contributed by atoms with Crippen molar-refractivity contribution in [1.29, 1.82) is 0 Å². The molecule has 0 aromatic heterocycles. The quantitative estimate of drug-likeness (QED) is 0.667. The predicted molar refractivity (Wildman–Crippen MR) is 71.2 cm³/mol. The molecule has 0 saturated heterocycles. The molecule has 0 heterocycles. The number of nitrogens with two attached hydrogens (primary N) is 2. The van der Waals surface area contributed by atoms with Gasteiger partial charge in [0.15, 0.2) is 0 Å². The van der Waals surface area contributed by atoms with Gasteiger partial charge in [0.05, 0.1) is 0 Å². The van der Waals surface area contributed by atoms with Gasteiger partial charge in [-0.25, -0.2) is 0 Å². The van der Waals surface area contributed by atoms with Crippen LogP contribution in [0.1, 0.15) is 65.2 Å². The molecular formula is C14H30N2. The molecule has 4 N–H and O–H groups in total. The van der Waals surface area contributed by atoms with E-state index in [1.54, 1.807) is 0 Å². The Morgan fingerprint density at radius 1 is 0.562 bits per heavy atom. The van der Waals surface area contributed by atoms with Crippen LogP contribution in [0.2, 0.25) is 0 Å². The van der Waals surface area contributed by atoms with Crippen molar-refractivity contribution in [2.75, 3.05) is 0 Å². The van der Waals surface area contributed by atoms with E-state index in [1.807, 2.05) is 0 Å². The molecule has 16 heavy (non-hydrogen) atoms. The van der Waals surface area contributed by atoms with Crippen molar-refractivity contribution < 1.29 is 0 Å². The Morgan fingerprint density at radius 2 is 0.812 bits per heavy atom. The molecule has 0 aliphatic heterocycles. The molecule has 2 rings (SSSR count). The van der Waals surface area contributed by atoms with E-state index in [9.17, 15) is 0 Å². The van der Waals surface area contributed by atoms with Crippen molar-refractivity contribution in [1.82, 2.24) is 0 Å². The van der Waals surface area contributed by atoms with Crippen LogP contribution in [0.4, 0.5) is 0 Å². The maximum Gasteiger partial charge on any atom is 0.00390 e. The number of rotatable bonds is 0. The Balaban J connectivity index is 0.000000160. The Hall–Kier alpha value is -0.0800. The third kappa shape index (κ3) is 5.86. The zero-order chi connectivity index (χ0) is 12.0. The largest absolute Gasteiger partial charge is 0.328 e. The van der Waals surface area contributed by atoms with Crippen LogP contribution in [0, 0.1) is 11.8 Å².